The van der Waals surface area contributed by atoms with E-state index in [-0.39, 0.29) is 25.4 Å². The van der Waals surface area contributed by atoms with Crippen molar-refractivity contribution in [1.82, 2.24) is 30.1 Å². The van der Waals surface area contributed by atoms with Gasteiger partial charge in [-0.1, -0.05) is 63.2 Å². The molecule has 14 heteroatoms. The zero-order valence-corrected chi connectivity index (χ0v) is 33.4. The first kappa shape index (κ1) is 39.3. The van der Waals surface area contributed by atoms with Crippen molar-refractivity contribution < 1.29 is 32.3 Å². The van der Waals surface area contributed by atoms with Gasteiger partial charge in [-0.05, 0) is 68.6 Å². The molecule has 1 aromatic heterocycles. The van der Waals surface area contributed by atoms with Crippen molar-refractivity contribution in [3.05, 3.63) is 72.8 Å². The predicted octanol–water partition coefficient (Wildman–Crippen LogP) is 4.84. The average molecular weight is 785 g/mol. The van der Waals surface area contributed by atoms with Crippen LogP contribution in [0.2, 0.25) is 0 Å². The van der Waals surface area contributed by atoms with Crippen LogP contribution < -0.4 is 20.1 Å². The number of sulfonamides is 1. The van der Waals surface area contributed by atoms with Crippen molar-refractivity contribution in [1.29, 1.82) is 0 Å². The molecule has 2 aliphatic carbocycles. The van der Waals surface area contributed by atoms with Crippen molar-refractivity contribution in [2.45, 2.75) is 102 Å². The number of hydrogen-bond donors (Lipinski definition) is 3. The van der Waals surface area contributed by atoms with Crippen LogP contribution >= 0.6 is 0 Å². The Bertz CT molecular complexity index is 2150. The van der Waals surface area contributed by atoms with E-state index in [9.17, 15) is 27.6 Å². The summed E-state index contributed by atoms with van der Waals surface area (Å²) in [6.07, 6.45) is 4.83. The van der Waals surface area contributed by atoms with E-state index in [2.05, 4.69) is 21.9 Å². The van der Waals surface area contributed by atoms with Crippen LogP contribution in [0, 0.1) is 18.3 Å². The van der Waals surface area contributed by atoms with Gasteiger partial charge in [-0.3, -0.25) is 19.1 Å². The summed E-state index contributed by atoms with van der Waals surface area (Å²) in [6.45, 7) is 12.6. The number of aryl methyl sites for hydroxylation is 1. The van der Waals surface area contributed by atoms with E-state index in [1.54, 1.807) is 4.90 Å². The lowest BCUT2D eigenvalue weighted by molar-refractivity contribution is -0.142. The SMILES string of the molecule is C=C[C@@H]1C[C@]1(NC(=O)[C@@H]1C[C@@H](Oc2cc(-c3ccccc3)nc3cc(C)ccc23)CN1C(=O)[C@@H](NC(=O)N1CCCCC1)C(C)(C)C)C(=O)NS(=O)(=O)C1CC1. The minimum absolute atomic E-state index is 0.0135. The van der Waals surface area contributed by atoms with E-state index in [1.807, 2.05) is 82.3 Å². The maximum atomic E-state index is 14.8. The van der Waals surface area contributed by atoms with E-state index >= 15 is 0 Å². The highest BCUT2D eigenvalue weighted by Gasteiger charge is 2.62. The van der Waals surface area contributed by atoms with Gasteiger partial charge in [0, 0.05) is 42.4 Å². The topological polar surface area (TPSA) is 167 Å². The van der Waals surface area contributed by atoms with Crippen molar-refractivity contribution in [2.24, 2.45) is 11.3 Å². The largest absolute Gasteiger partial charge is 0.488 e. The smallest absolute Gasteiger partial charge is 0.318 e. The molecule has 5 atom stereocenters. The molecular weight excluding hydrogens is 733 g/mol. The molecule has 4 aliphatic rings. The summed E-state index contributed by atoms with van der Waals surface area (Å²) < 4.78 is 34.5. The number of carbonyl (C=O) groups excluding carboxylic acids is 4. The van der Waals surface area contributed by atoms with Crippen LogP contribution in [0.4, 0.5) is 4.79 Å². The normalized spacial score (nSPS) is 24.2. The van der Waals surface area contributed by atoms with Gasteiger partial charge in [-0.25, -0.2) is 18.2 Å². The standard InChI is InChI=1S/C42H52N6O7S/c1-6-28-24-42(28,39(51)46-56(53,54)30-16-17-30)45-37(49)34-22-29(25-48(34)38(50)36(41(3,4)5)44-40(52)47-19-11-8-12-20-47)55-35-23-32(27-13-9-7-10-14-27)43-33-21-26(2)15-18-31(33)35/h6-7,9-10,13-15,18,21,23,28-30,34,36H,1,8,11-12,16-17,19-20,22,24-25H2,2-5H3,(H,44,52)(H,45,49)(H,46,51)/t28-,29-,34+,36-,42-/m1/s1. The lowest BCUT2D eigenvalue weighted by atomic mass is 9.85. The van der Waals surface area contributed by atoms with E-state index < -0.39 is 68.1 Å². The molecule has 2 saturated heterocycles. The number of carbonyl (C=O) groups is 4. The molecule has 2 aliphatic heterocycles. The van der Waals surface area contributed by atoms with E-state index in [0.717, 1.165) is 41.3 Å². The molecule has 2 aromatic carbocycles. The fraction of sp³-hybridized carbons (Fsp3) is 0.500. The third-order valence-electron chi connectivity index (χ3n) is 11.4. The third-order valence-corrected chi connectivity index (χ3v) is 13.2. The Morgan fingerprint density at radius 3 is 2.38 bits per heavy atom. The number of likely N-dealkylation sites (tertiary alicyclic amines) is 2. The lowest BCUT2D eigenvalue weighted by Crippen LogP contribution is -2.61. The summed E-state index contributed by atoms with van der Waals surface area (Å²) in [4.78, 5) is 64.5. The zero-order chi connectivity index (χ0) is 40.0. The predicted molar refractivity (Wildman–Crippen MR) is 213 cm³/mol. The van der Waals surface area contributed by atoms with Crippen molar-refractivity contribution in [2.75, 3.05) is 19.6 Å². The number of urea groups is 1. The maximum absolute atomic E-state index is 14.8. The van der Waals surface area contributed by atoms with Gasteiger partial charge in [0.15, 0.2) is 0 Å². The van der Waals surface area contributed by atoms with Gasteiger partial charge < -0.3 is 25.2 Å². The molecule has 13 nitrogen and oxygen atoms in total. The Balaban J connectivity index is 1.21. The van der Waals surface area contributed by atoms with E-state index in [4.69, 9.17) is 9.72 Å². The molecule has 3 N–H and O–H groups in total. The first-order chi connectivity index (χ1) is 26.6. The lowest BCUT2D eigenvalue weighted by Gasteiger charge is -2.37. The van der Waals surface area contributed by atoms with Gasteiger partial charge in [0.1, 0.15) is 29.5 Å². The Morgan fingerprint density at radius 1 is 1.02 bits per heavy atom. The number of pyridine rings is 1. The maximum Gasteiger partial charge on any atom is 0.318 e. The molecule has 298 valence electrons. The number of fused-ring (bicyclic) bond motifs is 1. The molecule has 7 rings (SSSR count). The molecule has 5 amide bonds. The molecule has 2 saturated carbocycles. The number of rotatable bonds is 11. The van der Waals surface area contributed by atoms with Crippen LogP contribution in [0.5, 0.6) is 5.75 Å². The Hall–Kier alpha value is -4.98. The highest BCUT2D eigenvalue weighted by atomic mass is 32.2. The highest BCUT2D eigenvalue weighted by Crippen LogP contribution is 2.46. The summed E-state index contributed by atoms with van der Waals surface area (Å²) in [7, 11) is -3.90. The molecule has 56 heavy (non-hydrogen) atoms. The highest BCUT2D eigenvalue weighted by molar-refractivity contribution is 7.91. The zero-order valence-electron chi connectivity index (χ0n) is 32.5. The number of hydrogen-bond acceptors (Lipinski definition) is 8. The van der Waals surface area contributed by atoms with E-state index in [1.165, 1.54) is 11.0 Å². The van der Waals surface area contributed by atoms with E-state index in [0.29, 0.717) is 37.4 Å². The molecule has 0 spiro atoms. The number of aromatic nitrogens is 1. The number of piperidine rings is 1. The fourth-order valence-electron chi connectivity index (χ4n) is 7.86. The van der Waals surface area contributed by atoms with Gasteiger partial charge >= 0.3 is 6.03 Å². The Kier molecular flexibility index (Phi) is 10.6. The van der Waals surface area contributed by atoms with Crippen LogP contribution in [0.1, 0.15) is 71.3 Å². The molecule has 4 fully saturated rings. The minimum atomic E-state index is -3.90. The molecular formula is C42H52N6O7S. The Morgan fingerprint density at radius 2 is 1.73 bits per heavy atom. The van der Waals surface area contributed by atoms with Gasteiger partial charge in [-0.2, -0.15) is 0 Å². The average Bonchev–Trinajstić information content (AvgIpc) is 4.10. The summed E-state index contributed by atoms with van der Waals surface area (Å²) in [5.74, 6) is -1.87. The first-order valence-electron chi connectivity index (χ1n) is 19.6. The van der Waals surface area contributed by atoms with Gasteiger partial charge in [-0.15, -0.1) is 6.58 Å². The number of nitrogens with one attached hydrogen (secondary N) is 3. The van der Waals surface area contributed by atoms with Gasteiger partial charge in [0.05, 0.1) is 23.0 Å². The van der Waals surface area contributed by atoms with Crippen molar-refractivity contribution in [3.63, 3.8) is 0 Å². The van der Waals surface area contributed by atoms with Gasteiger partial charge in [0.25, 0.3) is 5.91 Å². The van der Waals surface area contributed by atoms with Crippen molar-refractivity contribution in [3.8, 4) is 17.0 Å². The summed E-state index contributed by atoms with van der Waals surface area (Å²) >= 11 is 0. The fourth-order valence-corrected chi connectivity index (χ4v) is 9.22. The van der Waals surface area contributed by atoms with Gasteiger partial charge in [0.2, 0.25) is 21.8 Å². The second-order valence-electron chi connectivity index (χ2n) is 16.9. The van der Waals surface area contributed by atoms with Crippen LogP contribution in [0.15, 0.2) is 67.3 Å². The first-order valence-corrected chi connectivity index (χ1v) is 21.1. The second-order valence-corrected chi connectivity index (χ2v) is 18.8. The molecule has 3 aromatic rings. The molecule has 3 heterocycles. The summed E-state index contributed by atoms with van der Waals surface area (Å²) in [6, 6.07) is 15.0. The third kappa shape index (κ3) is 8.12. The summed E-state index contributed by atoms with van der Waals surface area (Å²) in [5, 5.41) is 5.98. The number of benzene rings is 2. The van der Waals surface area contributed by atoms with Crippen LogP contribution in [0.3, 0.4) is 0 Å². The van der Waals surface area contributed by atoms with Crippen LogP contribution in [-0.4, -0.2) is 95.6 Å². The second kappa shape index (κ2) is 15.2. The summed E-state index contributed by atoms with van der Waals surface area (Å²) in [5.41, 5.74) is 1.07. The number of ether oxygens (including phenoxy) is 1. The molecule has 0 bridgehead atoms. The molecule has 0 radical (unpaired) electrons. The Labute approximate surface area is 328 Å². The van der Waals surface area contributed by atoms with Crippen LogP contribution in [-0.2, 0) is 24.4 Å². The monoisotopic (exact) mass is 784 g/mol. The number of amides is 5. The number of nitrogens with zero attached hydrogens (tertiary/aromatic N) is 3. The minimum Gasteiger partial charge on any atom is -0.488 e. The quantitative estimate of drug-likeness (QED) is 0.233. The van der Waals surface area contributed by atoms with Crippen molar-refractivity contribution >= 4 is 44.7 Å². The van der Waals surface area contributed by atoms with Crippen LogP contribution in [0.25, 0.3) is 22.2 Å². The molecule has 0 unspecified atom stereocenters.